The van der Waals surface area contributed by atoms with Crippen LogP contribution in [0.3, 0.4) is 0 Å². The third-order valence-electron chi connectivity index (χ3n) is 2.42. The van der Waals surface area contributed by atoms with E-state index in [1.807, 2.05) is 0 Å². The Kier molecular flexibility index (Phi) is 3.81. The summed E-state index contributed by atoms with van der Waals surface area (Å²) in [6.07, 6.45) is 6.31. The Morgan fingerprint density at radius 1 is 1.33 bits per heavy atom. The first-order valence-corrected chi connectivity index (χ1v) is 7.26. The molecule has 1 rings (SSSR count). The van der Waals surface area contributed by atoms with E-state index in [2.05, 4.69) is 10.6 Å². The van der Waals surface area contributed by atoms with E-state index in [-0.39, 0.29) is 9.08 Å². The second-order valence-corrected chi connectivity index (χ2v) is 8.81. The molecule has 3 nitrogen and oxygen atoms in total. The van der Waals surface area contributed by atoms with Gasteiger partial charge in [0.25, 0.3) is 0 Å². The number of rotatable bonds is 1. The predicted octanol–water partition coefficient (Wildman–Crippen LogP) is 1.12. The first-order valence-electron chi connectivity index (χ1n) is 4.51. The fourth-order valence-electron chi connectivity index (χ4n) is 1.66. The monoisotopic (exact) mass is 357 g/mol. The average molecular weight is 356 g/mol. The second-order valence-electron chi connectivity index (χ2n) is 3.55. The van der Waals surface area contributed by atoms with Crippen molar-refractivity contribution in [3.63, 3.8) is 0 Å². The summed E-state index contributed by atoms with van der Waals surface area (Å²) in [6, 6.07) is -0.00750. The van der Waals surface area contributed by atoms with Crippen LogP contribution in [0.25, 0.3) is 0 Å². The van der Waals surface area contributed by atoms with Crippen molar-refractivity contribution in [3.05, 3.63) is 0 Å². The van der Waals surface area contributed by atoms with Crippen molar-refractivity contribution >= 4 is 6.03 Å². The molecule has 1 aliphatic rings. The summed E-state index contributed by atoms with van der Waals surface area (Å²) in [5.41, 5.74) is 0. The predicted molar refractivity (Wildman–Crippen MR) is 43.4 cm³/mol. The molecule has 2 amide bonds. The van der Waals surface area contributed by atoms with Gasteiger partial charge < -0.3 is 0 Å². The summed E-state index contributed by atoms with van der Waals surface area (Å²) < 4.78 is 0.234. The van der Waals surface area contributed by atoms with Gasteiger partial charge in [0.2, 0.25) is 0 Å². The van der Waals surface area contributed by atoms with Crippen molar-refractivity contribution in [2.75, 3.05) is 7.05 Å². The normalized spacial score (nSPS) is 21.6. The maximum absolute atomic E-state index is 11.1. The number of hydrogen-bond acceptors (Lipinski definition) is 1. The molecule has 0 aromatic carbocycles. The number of hydrogen-bond donors (Lipinski definition) is 2. The summed E-state index contributed by atoms with van der Waals surface area (Å²) >= 11 is 0.634. The molecule has 0 spiro atoms. The number of carbonyl (C=O) groups is 1. The Morgan fingerprint density at radius 2 is 1.92 bits per heavy atom. The molecule has 4 heteroatoms. The summed E-state index contributed by atoms with van der Waals surface area (Å²) in [7, 11) is 1.68. The summed E-state index contributed by atoms with van der Waals surface area (Å²) in [4.78, 5) is 11.1. The number of carbonyl (C=O) groups excluding carboxylic acids is 1. The number of amides is 2. The molecule has 1 fully saturated rings. The van der Waals surface area contributed by atoms with Crippen LogP contribution in [-0.4, -0.2) is 16.1 Å². The topological polar surface area (TPSA) is 41.1 Å². The van der Waals surface area contributed by atoms with E-state index in [1.165, 1.54) is 32.1 Å². The van der Waals surface area contributed by atoms with E-state index in [0.29, 0.717) is 26.1 Å². The van der Waals surface area contributed by atoms with Gasteiger partial charge in [-0.1, -0.05) is 0 Å². The molecule has 1 saturated carbocycles. The van der Waals surface area contributed by atoms with Gasteiger partial charge >= 0.3 is 89.8 Å². The molecule has 0 radical (unpaired) electrons. The van der Waals surface area contributed by atoms with Crippen molar-refractivity contribution in [3.8, 4) is 0 Å². The van der Waals surface area contributed by atoms with Crippen LogP contribution >= 0.6 is 0 Å². The summed E-state index contributed by atoms with van der Waals surface area (Å²) in [5.74, 6) is 0. The van der Waals surface area contributed by atoms with Crippen molar-refractivity contribution in [1.29, 1.82) is 0 Å². The zero-order valence-electron chi connectivity index (χ0n) is 7.65. The standard InChI is InChI=1S/C8H15N2O.Hg/c1-9-8(11)10-7-5-3-2-4-6-7;/h2-6H2,1H3,(H2,9,10,11);. The zero-order valence-corrected chi connectivity index (χ0v) is 13.1. The van der Waals surface area contributed by atoms with Gasteiger partial charge in [0.05, 0.1) is 0 Å². The van der Waals surface area contributed by atoms with E-state index in [9.17, 15) is 4.79 Å². The molecule has 0 aromatic heterocycles. The van der Waals surface area contributed by atoms with E-state index in [1.54, 1.807) is 7.05 Å². The van der Waals surface area contributed by atoms with Gasteiger partial charge in [-0.15, -0.1) is 0 Å². The van der Waals surface area contributed by atoms with Crippen LogP contribution in [-0.2, 0) is 26.1 Å². The van der Waals surface area contributed by atoms with E-state index < -0.39 is 0 Å². The molecule has 0 aromatic rings. The fourth-order valence-corrected chi connectivity index (χ4v) is 4.22. The Hall–Kier alpha value is 0.205. The van der Waals surface area contributed by atoms with Gasteiger partial charge in [0, 0.05) is 0 Å². The fraction of sp³-hybridized carbons (Fsp3) is 0.875. The molecule has 0 heterocycles. The quantitative estimate of drug-likeness (QED) is 0.680. The van der Waals surface area contributed by atoms with Gasteiger partial charge in [0.1, 0.15) is 0 Å². The van der Waals surface area contributed by atoms with Crippen LogP contribution < -0.4 is 10.6 Å². The zero-order chi connectivity index (χ0) is 9.03. The Labute approximate surface area is 89.6 Å². The van der Waals surface area contributed by atoms with Crippen molar-refractivity contribution in [2.24, 2.45) is 0 Å². The van der Waals surface area contributed by atoms with E-state index in [4.69, 9.17) is 0 Å². The van der Waals surface area contributed by atoms with Crippen molar-refractivity contribution in [1.82, 2.24) is 10.6 Å². The van der Waals surface area contributed by atoms with Gasteiger partial charge in [-0.2, -0.15) is 0 Å². The number of nitrogens with one attached hydrogen (secondary N) is 2. The Bertz CT molecular complexity index is 166. The Morgan fingerprint density at radius 3 is 2.42 bits per heavy atom. The minimum absolute atomic E-state index is 0.00750. The molecular weight excluding hydrogens is 341 g/mol. The maximum atomic E-state index is 11.1. The van der Waals surface area contributed by atoms with Crippen molar-refractivity contribution in [2.45, 2.75) is 35.2 Å². The first kappa shape index (κ1) is 10.3. The van der Waals surface area contributed by atoms with E-state index in [0.717, 1.165) is 0 Å². The van der Waals surface area contributed by atoms with Gasteiger partial charge in [-0.25, -0.2) is 0 Å². The van der Waals surface area contributed by atoms with Gasteiger partial charge in [-0.05, 0) is 0 Å². The molecule has 0 aliphatic heterocycles. The summed E-state index contributed by atoms with van der Waals surface area (Å²) in [6.45, 7) is 0. The molecule has 0 unspecified atom stereocenters. The third-order valence-corrected chi connectivity index (χ3v) is 5.85. The average Bonchev–Trinajstić information content (AvgIpc) is 2.05. The molecule has 0 atom stereocenters. The Balaban J connectivity index is 2.41. The van der Waals surface area contributed by atoms with Crippen molar-refractivity contribution < 1.29 is 30.9 Å². The third kappa shape index (κ3) is 2.92. The van der Waals surface area contributed by atoms with Crippen LogP contribution in [0, 0.1) is 0 Å². The second kappa shape index (κ2) is 4.44. The molecule has 2 N–H and O–H groups in total. The van der Waals surface area contributed by atoms with Crippen LogP contribution in [0.2, 0.25) is 0 Å². The minimum atomic E-state index is -0.00750. The van der Waals surface area contributed by atoms with Crippen LogP contribution in [0.4, 0.5) is 4.79 Å². The molecule has 1 aliphatic carbocycles. The van der Waals surface area contributed by atoms with Gasteiger partial charge in [-0.3, -0.25) is 0 Å². The first-order chi connectivity index (χ1) is 5.66. The van der Waals surface area contributed by atoms with Gasteiger partial charge in [0.15, 0.2) is 0 Å². The molecule has 0 bridgehead atoms. The SMILES string of the molecule is CNC(=O)N[C]1([Hg])CCCCC1. The van der Waals surface area contributed by atoms with Crippen LogP contribution in [0.15, 0.2) is 0 Å². The van der Waals surface area contributed by atoms with E-state index >= 15 is 0 Å². The molecular formula is C8H15HgN2O. The van der Waals surface area contributed by atoms with Crippen LogP contribution in [0.1, 0.15) is 32.1 Å². The molecule has 0 saturated heterocycles. The molecule has 65 valence electrons. The number of urea groups is 1. The molecule has 12 heavy (non-hydrogen) atoms. The summed E-state index contributed by atoms with van der Waals surface area (Å²) in [5, 5.41) is 5.70. The van der Waals surface area contributed by atoms with Crippen LogP contribution in [0.5, 0.6) is 0 Å².